The monoisotopic (exact) mass is 316 g/mol. The van der Waals surface area contributed by atoms with E-state index in [0.717, 1.165) is 31.6 Å². The maximum Gasteiger partial charge on any atom is 0.244 e. The molecule has 0 aromatic carbocycles. The van der Waals surface area contributed by atoms with Crippen LogP contribution in [0.15, 0.2) is 29.0 Å². The minimum Gasteiger partial charge on any atom is -0.392 e. The van der Waals surface area contributed by atoms with Gasteiger partial charge in [0.05, 0.1) is 12.1 Å². The van der Waals surface area contributed by atoms with Gasteiger partial charge in [-0.3, -0.25) is 9.88 Å². The molecule has 0 aliphatic carbocycles. The standard InChI is InChI=1S/C16H20N4O3/c21-13-9-14(20(10-13)12-3-7-22-8-4-12)16-18-15(19-23-16)11-1-5-17-6-2-11/h1-2,5-6,12-14,21H,3-4,7-10H2/t13-,14+/m1/s1. The summed E-state index contributed by atoms with van der Waals surface area (Å²) in [5.41, 5.74) is 0.881. The van der Waals surface area contributed by atoms with Gasteiger partial charge < -0.3 is 14.4 Å². The van der Waals surface area contributed by atoms with Gasteiger partial charge in [0.2, 0.25) is 11.7 Å². The zero-order valence-electron chi connectivity index (χ0n) is 12.8. The van der Waals surface area contributed by atoms with Gasteiger partial charge in [-0.15, -0.1) is 0 Å². The highest BCUT2D eigenvalue weighted by atomic mass is 16.5. The lowest BCUT2D eigenvalue weighted by Crippen LogP contribution is -2.39. The quantitative estimate of drug-likeness (QED) is 0.916. The van der Waals surface area contributed by atoms with Crippen molar-refractivity contribution in [3.8, 4) is 11.4 Å². The molecule has 2 aromatic rings. The summed E-state index contributed by atoms with van der Waals surface area (Å²) in [5.74, 6) is 1.15. The van der Waals surface area contributed by atoms with E-state index in [0.29, 0.717) is 30.7 Å². The maximum atomic E-state index is 10.1. The topological polar surface area (TPSA) is 84.5 Å². The molecule has 23 heavy (non-hydrogen) atoms. The van der Waals surface area contributed by atoms with E-state index < -0.39 is 0 Å². The lowest BCUT2D eigenvalue weighted by Gasteiger charge is -2.33. The molecule has 4 heterocycles. The highest BCUT2D eigenvalue weighted by Gasteiger charge is 2.40. The highest BCUT2D eigenvalue weighted by Crippen LogP contribution is 2.36. The third-order valence-electron chi connectivity index (χ3n) is 4.64. The molecule has 2 aliphatic heterocycles. The molecule has 2 atom stereocenters. The van der Waals surface area contributed by atoms with Gasteiger partial charge in [-0.2, -0.15) is 4.98 Å². The van der Waals surface area contributed by atoms with E-state index in [2.05, 4.69) is 20.0 Å². The smallest absolute Gasteiger partial charge is 0.244 e. The highest BCUT2D eigenvalue weighted by molar-refractivity contribution is 5.52. The zero-order chi connectivity index (χ0) is 15.6. The predicted octanol–water partition coefficient (Wildman–Crippen LogP) is 1.42. The van der Waals surface area contributed by atoms with E-state index in [1.807, 2.05) is 12.1 Å². The van der Waals surface area contributed by atoms with Crippen molar-refractivity contribution in [1.82, 2.24) is 20.0 Å². The number of aromatic nitrogens is 3. The Labute approximate surface area is 134 Å². The van der Waals surface area contributed by atoms with Gasteiger partial charge in [0.25, 0.3) is 0 Å². The lowest BCUT2D eigenvalue weighted by atomic mass is 10.1. The van der Waals surface area contributed by atoms with Crippen molar-refractivity contribution in [2.75, 3.05) is 19.8 Å². The first-order valence-electron chi connectivity index (χ1n) is 8.07. The van der Waals surface area contributed by atoms with Crippen LogP contribution >= 0.6 is 0 Å². The van der Waals surface area contributed by atoms with Crippen molar-refractivity contribution in [1.29, 1.82) is 0 Å². The van der Waals surface area contributed by atoms with E-state index in [9.17, 15) is 5.11 Å². The van der Waals surface area contributed by atoms with Crippen molar-refractivity contribution in [2.24, 2.45) is 0 Å². The fraction of sp³-hybridized carbons (Fsp3) is 0.562. The Bertz CT molecular complexity index is 642. The Morgan fingerprint density at radius 3 is 2.74 bits per heavy atom. The fourth-order valence-electron chi connectivity index (χ4n) is 3.49. The van der Waals surface area contributed by atoms with Crippen molar-refractivity contribution in [3.05, 3.63) is 30.4 Å². The molecule has 4 rings (SSSR count). The molecule has 2 fully saturated rings. The van der Waals surface area contributed by atoms with Crippen LogP contribution in [0.5, 0.6) is 0 Å². The minimum absolute atomic E-state index is 0.0174. The second-order valence-corrected chi connectivity index (χ2v) is 6.14. The molecular formula is C16H20N4O3. The molecule has 0 unspecified atom stereocenters. The summed E-state index contributed by atoms with van der Waals surface area (Å²) in [6, 6.07) is 4.10. The number of aliphatic hydroxyl groups is 1. The molecule has 7 heteroatoms. The van der Waals surface area contributed by atoms with E-state index >= 15 is 0 Å². The second-order valence-electron chi connectivity index (χ2n) is 6.14. The van der Waals surface area contributed by atoms with Crippen molar-refractivity contribution < 1.29 is 14.4 Å². The summed E-state index contributed by atoms with van der Waals surface area (Å²) < 4.78 is 10.9. The van der Waals surface area contributed by atoms with Crippen LogP contribution in [-0.2, 0) is 4.74 Å². The summed E-state index contributed by atoms with van der Waals surface area (Å²) in [6.45, 7) is 2.20. The Hall–Kier alpha value is -1.83. The van der Waals surface area contributed by atoms with Gasteiger partial charge in [-0.25, -0.2) is 0 Å². The average molecular weight is 316 g/mol. The molecule has 1 N–H and O–H groups in total. The summed E-state index contributed by atoms with van der Waals surface area (Å²) in [4.78, 5) is 10.9. The summed E-state index contributed by atoms with van der Waals surface area (Å²) in [6.07, 6.45) is 5.66. The number of hydrogen-bond acceptors (Lipinski definition) is 7. The van der Waals surface area contributed by atoms with Crippen LogP contribution in [0.3, 0.4) is 0 Å². The minimum atomic E-state index is -0.348. The number of ether oxygens (including phenoxy) is 1. The van der Waals surface area contributed by atoms with Crippen molar-refractivity contribution in [2.45, 2.75) is 37.5 Å². The van der Waals surface area contributed by atoms with Crippen LogP contribution in [0, 0.1) is 0 Å². The van der Waals surface area contributed by atoms with Crippen LogP contribution in [0.2, 0.25) is 0 Å². The van der Waals surface area contributed by atoms with Gasteiger partial charge in [-0.05, 0) is 31.4 Å². The number of aliphatic hydroxyl groups excluding tert-OH is 1. The third kappa shape index (κ3) is 2.99. The van der Waals surface area contributed by atoms with E-state index in [-0.39, 0.29) is 12.1 Å². The lowest BCUT2D eigenvalue weighted by molar-refractivity contribution is 0.0215. The van der Waals surface area contributed by atoms with Crippen LogP contribution < -0.4 is 0 Å². The first kappa shape index (κ1) is 14.7. The van der Waals surface area contributed by atoms with Crippen molar-refractivity contribution in [3.63, 3.8) is 0 Å². The number of β-amino-alcohol motifs (C(OH)–C–C–N with tert-alkyl or cyclic N) is 1. The molecule has 0 spiro atoms. The van der Waals surface area contributed by atoms with Gasteiger partial charge >= 0.3 is 0 Å². The van der Waals surface area contributed by atoms with Crippen LogP contribution in [0.1, 0.15) is 31.2 Å². The van der Waals surface area contributed by atoms with E-state index in [1.165, 1.54) is 0 Å². The SMILES string of the molecule is O[C@@H]1C[C@@H](c2nc(-c3ccncc3)no2)N(C2CCOCC2)C1. The Morgan fingerprint density at radius 2 is 1.96 bits per heavy atom. The molecule has 122 valence electrons. The van der Waals surface area contributed by atoms with Gasteiger partial charge in [0.15, 0.2) is 0 Å². The van der Waals surface area contributed by atoms with Crippen molar-refractivity contribution >= 4 is 0 Å². The van der Waals surface area contributed by atoms with Crippen LogP contribution in [0.4, 0.5) is 0 Å². The zero-order valence-corrected chi connectivity index (χ0v) is 12.8. The first-order valence-corrected chi connectivity index (χ1v) is 8.07. The molecule has 2 aliphatic rings. The van der Waals surface area contributed by atoms with Gasteiger partial charge in [0, 0.05) is 43.8 Å². The fourth-order valence-corrected chi connectivity index (χ4v) is 3.49. The molecule has 0 radical (unpaired) electrons. The number of likely N-dealkylation sites (tertiary alicyclic amines) is 1. The average Bonchev–Trinajstić information content (AvgIpc) is 3.23. The molecular weight excluding hydrogens is 296 g/mol. The molecule has 0 bridgehead atoms. The Balaban J connectivity index is 1.57. The Morgan fingerprint density at radius 1 is 1.17 bits per heavy atom. The number of hydrogen-bond donors (Lipinski definition) is 1. The normalized spacial score (nSPS) is 26.7. The summed E-state index contributed by atoms with van der Waals surface area (Å²) in [7, 11) is 0. The van der Waals surface area contributed by atoms with Crippen LogP contribution in [-0.4, -0.2) is 57.0 Å². The van der Waals surface area contributed by atoms with E-state index in [4.69, 9.17) is 9.26 Å². The molecule has 0 saturated carbocycles. The van der Waals surface area contributed by atoms with Gasteiger partial charge in [-0.1, -0.05) is 5.16 Å². The molecule has 2 aromatic heterocycles. The number of rotatable bonds is 3. The summed E-state index contributed by atoms with van der Waals surface area (Å²) in [5, 5.41) is 14.2. The molecule has 0 amide bonds. The number of nitrogens with zero attached hydrogens (tertiary/aromatic N) is 4. The van der Waals surface area contributed by atoms with E-state index in [1.54, 1.807) is 12.4 Å². The maximum absolute atomic E-state index is 10.1. The first-order chi connectivity index (χ1) is 11.3. The van der Waals surface area contributed by atoms with Crippen LogP contribution in [0.25, 0.3) is 11.4 Å². The second kappa shape index (κ2) is 6.35. The largest absolute Gasteiger partial charge is 0.392 e. The molecule has 7 nitrogen and oxygen atoms in total. The number of pyridine rings is 1. The predicted molar refractivity (Wildman–Crippen MR) is 81.4 cm³/mol. The van der Waals surface area contributed by atoms with Gasteiger partial charge in [0.1, 0.15) is 0 Å². The molecule has 2 saturated heterocycles. The summed E-state index contributed by atoms with van der Waals surface area (Å²) >= 11 is 0. The Kier molecular flexibility index (Phi) is 4.07. The third-order valence-corrected chi connectivity index (χ3v) is 4.64.